The third-order valence-electron chi connectivity index (χ3n) is 4.31. The molecule has 3 rings (SSSR count). The second kappa shape index (κ2) is 8.10. The topological polar surface area (TPSA) is 101 Å². The van der Waals surface area contributed by atoms with Crippen LogP contribution in [0.15, 0.2) is 12.3 Å². The summed E-state index contributed by atoms with van der Waals surface area (Å²) >= 11 is 1.04. The van der Waals surface area contributed by atoms with Crippen molar-refractivity contribution in [2.45, 2.75) is 50.9 Å². The number of hydrogen-bond acceptors (Lipinski definition) is 7. The SMILES string of the molecule is Cc1nsc(C(=O)NC2CCC(Oc3cnc(C#N)c(C(F)(F)F)c3)CC2)n1. The van der Waals surface area contributed by atoms with Gasteiger partial charge < -0.3 is 10.1 Å². The minimum absolute atomic E-state index is 0.0249. The van der Waals surface area contributed by atoms with Crippen molar-refractivity contribution in [3.8, 4) is 11.8 Å². The molecular formula is C17H16F3N5O2S. The Kier molecular flexibility index (Phi) is 5.79. The molecule has 0 spiro atoms. The van der Waals surface area contributed by atoms with Crippen molar-refractivity contribution in [1.82, 2.24) is 19.7 Å². The average Bonchev–Trinajstić information content (AvgIpc) is 3.09. The van der Waals surface area contributed by atoms with E-state index in [-0.39, 0.29) is 23.8 Å². The summed E-state index contributed by atoms with van der Waals surface area (Å²) in [5.74, 6) is 0.241. The minimum Gasteiger partial charge on any atom is -0.489 e. The number of halogens is 3. The van der Waals surface area contributed by atoms with Gasteiger partial charge in [0.05, 0.1) is 17.9 Å². The van der Waals surface area contributed by atoms with Gasteiger partial charge in [-0.3, -0.25) is 4.79 Å². The highest BCUT2D eigenvalue weighted by Crippen LogP contribution is 2.34. The van der Waals surface area contributed by atoms with E-state index in [1.807, 2.05) is 0 Å². The zero-order valence-corrected chi connectivity index (χ0v) is 15.6. The first-order valence-corrected chi connectivity index (χ1v) is 9.28. The summed E-state index contributed by atoms with van der Waals surface area (Å²) in [5, 5.41) is 12.0. The van der Waals surface area contributed by atoms with Gasteiger partial charge >= 0.3 is 6.18 Å². The number of aryl methyl sites for hydroxylation is 1. The third-order valence-corrected chi connectivity index (χ3v) is 5.11. The van der Waals surface area contributed by atoms with Crippen molar-refractivity contribution in [2.75, 3.05) is 0 Å². The molecule has 0 aromatic carbocycles. The molecule has 2 aromatic heterocycles. The standard InChI is InChI=1S/C17H16F3N5O2S/c1-9-23-16(28-25-9)15(26)24-10-2-4-11(5-3-10)27-12-6-13(17(18,19)20)14(7-21)22-8-12/h6,8,10-11H,2-5H2,1H3,(H,24,26). The quantitative estimate of drug-likeness (QED) is 0.829. The van der Waals surface area contributed by atoms with Gasteiger partial charge in [0, 0.05) is 6.04 Å². The summed E-state index contributed by atoms with van der Waals surface area (Å²) < 4.78 is 48.6. The van der Waals surface area contributed by atoms with Crippen LogP contribution in [0.1, 0.15) is 52.6 Å². The molecule has 1 fully saturated rings. The Morgan fingerprint density at radius 1 is 1.36 bits per heavy atom. The fourth-order valence-electron chi connectivity index (χ4n) is 2.97. The lowest BCUT2D eigenvalue weighted by atomic mass is 9.93. The van der Waals surface area contributed by atoms with E-state index in [1.54, 1.807) is 6.92 Å². The Balaban J connectivity index is 1.56. The van der Waals surface area contributed by atoms with E-state index in [9.17, 15) is 18.0 Å². The number of aromatic nitrogens is 3. The van der Waals surface area contributed by atoms with Crippen molar-refractivity contribution in [1.29, 1.82) is 5.26 Å². The molecule has 1 N–H and O–H groups in total. The maximum atomic E-state index is 13.0. The fourth-order valence-corrected chi connectivity index (χ4v) is 3.54. The Morgan fingerprint density at radius 2 is 2.07 bits per heavy atom. The molecule has 0 unspecified atom stereocenters. The van der Waals surface area contributed by atoms with Gasteiger partial charge in [-0.2, -0.15) is 22.8 Å². The molecule has 2 aromatic rings. The third kappa shape index (κ3) is 4.75. The van der Waals surface area contributed by atoms with Gasteiger partial charge in [-0.25, -0.2) is 9.97 Å². The Labute approximate surface area is 162 Å². The molecule has 0 radical (unpaired) electrons. The molecule has 148 valence electrons. The Hall–Kier alpha value is -2.74. The van der Waals surface area contributed by atoms with Gasteiger partial charge in [0.2, 0.25) is 5.01 Å². The number of alkyl halides is 3. The molecule has 1 saturated carbocycles. The first-order chi connectivity index (χ1) is 13.3. The number of carbonyl (C=O) groups is 1. The molecule has 28 heavy (non-hydrogen) atoms. The van der Waals surface area contributed by atoms with Crippen LogP contribution in [0, 0.1) is 18.3 Å². The van der Waals surface area contributed by atoms with Gasteiger partial charge in [0.1, 0.15) is 17.6 Å². The fraction of sp³-hybridized carbons (Fsp3) is 0.471. The predicted molar refractivity (Wildman–Crippen MR) is 92.7 cm³/mol. The smallest absolute Gasteiger partial charge is 0.419 e. The first kappa shape index (κ1) is 20.0. The van der Waals surface area contributed by atoms with Crippen molar-refractivity contribution in [3.05, 3.63) is 34.4 Å². The summed E-state index contributed by atoms with van der Waals surface area (Å²) in [6.07, 6.45) is -1.44. The zero-order valence-electron chi connectivity index (χ0n) is 14.8. The highest BCUT2D eigenvalue weighted by molar-refractivity contribution is 7.07. The number of nitriles is 1. The molecule has 0 atom stereocenters. The number of hydrogen-bond donors (Lipinski definition) is 1. The molecule has 0 saturated heterocycles. The van der Waals surface area contributed by atoms with E-state index in [0.29, 0.717) is 36.5 Å². The highest BCUT2D eigenvalue weighted by atomic mass is 32.1. The van der Waals surface area contributed by atoms with Gasteiger partial charge in [-0.1, -0.05) is 0 Å². The summed E-state index contributed by atoms with van der Waals surface area (Å²) in [6, 6.07) is 2.18. The van der Waals surface area contributed by atoms with Gasteiger partial charge in [0.25, 0.3) is 5.91 Å². The molecule has 2 heterocycles. The molecule has 7 nitrogen and oxygen atoms in total. The summed E-state index contributed by atoms with van der Waals surface area (Å²) in [6.45, 7) is 1.71. The van der Waals surface area contributed by atoms with E-state index in [1.165, 1.54) is 6.07 Å². The van der Waals surface area contributed by atoms with Gasteiger partial charge in [-0.15, -0.1) is 0 Å². The lowest BCUT2D eigenvalue weighted by Gasteiger charge is -2.29. The monoisotopic (exact) mass is 411 g/mol. The van der Waals surface area contributed by atoms with E-state index in [0.717, 1.165) is 23.8 Å². The maximum Gasteiger partial charge on any atom is 0.419 e. The van der Waals surface area contributed by atoms with Crippen LogP contribution in [-0.2, 0) is 6.18 Å². The molecule has 1 aliphatic carbocycles. The second-order valence-corrected chi connectivity index (χ2v) is 7.14. The van der Waals surface area contributed by atoms with Crippen LogP contribution in [0.3, 0.4) is 0 Å². The molecule has 0 aliphatic heterocycles. The number of carbonyl (C=O) groups excluding carboxylic acids is 1. The van der Waals surface area contributed by atoms with Crippen molar-refractivity contribution in [2.24, 2.45) is 0 Å². The van der Waals surface area contributed by atoms with E-state index >= 15 is 0 Å². The molecular weight excluding hydrogens is 395 g/mol. The molecule has 11 heteroatoms. The Morgan fingerprint density at radius 3 is 2.64 bits per heavy atom. The molecule has 0 bridgehead atoms. The number of nitrogens with one attached hydrogen (secondary N) is 1. The molecule has 1 aliphatic rings. The summed E-state index contributed by atoms with van der Waals surface area (Å²) in [7, 11) is 0. The van der Waals surface area contributed by atoms with Crippen LogP contribution >= 0.6 is 11.5 Å². The largest absolute Gasteiger partial charge is 0.489 e. The zero-order chi connectivity index (χ0) is 20.3. The maximum absolute atomic E-state index is 13.0. The van der Waals surface area contributed by atoms with Crippen LogP contribution in [0.25, 0.3) is 0 Å². The predicted octanol–water partition coefficient (Wildman–Crippen LogP) is 3.25. The van der Waals surface area contributed by atoms with Crippen molar-refractivity contribution in [3.63, 3.8) is 0 Å². The van der Waals surface area contributed by atoms with Crippen LogP contribution in [0.2, 0.25) is 0 Å². The number of rotatable bonds is 4. The highest BCUT2D eigenvalue weighted by Gasteiger charge is 2.35. The summed E-state index contributed by atoms with van der Waals surface area (Å²) in [5.41, 5.74) is -1.79. The summed E-state index contributed by atoms with van der Waals surface area (Å²) in [4.78, 5) is 19.7. The van der Waals surface area contributed by atoms with Gasteiger partial charge in [-0.05, 0) is 50.2 Å². The van der Waals surface area contributed by atoms with E-state index in [4.69, 9.17) is 10.00 Å². The lowest BCUT2D eigenvalue weighted by Crippen LogP contribution is -2.39. The van der Waals surface area contributed by atoms with Crippen LogP contribution in [0.4, 0.5) is 13.2 Å². The minimum atomic E-state index is -4.68. The Bertz CT molecular complexity index is 901. The molecule has 1 amide bonds. The number of amides is 1. The lowest BCUT2D eigenvalue weighted by molar-refractivity contribution is -0.138. The average molecular weight is 411 g/mol. The second-order valence-electron chi connectivity index (χ2n) is 6.39. The van der Waals surface area contributed by atoms with Crippen molar-refractivity contribution < 1.29 is 22.7 Å². The number of pyridine rings is 1. The van der Waals surface area contributed by atoms with Crippen LogP contribution < -0.4 is 10.1 Å². The van der Waals surface area contributed by atoms with Crippen LogP contribution in [0.5, 0.6) is 5.75 Å². The first-order valence-electron chi connectivity index (χ1n) is 8.51. The van der Waals surface area contributed by atoms with Gasteiger partial charge in [0.15, 0.2) is 5.69 Å². The van der Waals surface area contributed by atoms with Crippen LogP contribution in [-0.4, -0.2) is 32.4 Å². The normalized spacial score (nSPS) is 19.7. The van der Waals surface area contributed by atoms with E-state index < -0.39 is 17.4 Å². The van der Waals surface area contributed by atoms with E-state index in [2.05, 4.69) is 19.7 Å². The number of nitrogens with zero attached hydrogens (tertiary/aromatic N) is 4. The van der Waals surface area contributed by atoms with Crippen molar-refractivity contribution >= 4 is 17.4 Å². The number of ether oxygens (including phenoxy) is 1.